The molecule has 0 aromatic carbocycles. The van der Waals surface area contributed by atoms with Crippen molar-refractivity contribution >= 4 is 20.1 Å². The zero-order chi connectivity index (χ0) is 30.1. The number of rotatable bonds is 26. The first kappa shape index (κ1) is 38.6. The normalized spacial score (nSPS) is 14.4. The number of unbranched alkanes of at least 4 members (excludes halogenated alkanes) is 10. The van der Waals surface area contributed by atoms with E-state index in [1.54, 1.807) is 0 Å². The lowest BCUT2D eigenvalue weighted by Crippen LogP contribution is -2.26. The number of ether oxygens (including phenoxy) is 4. The van der Waals surface area contributed by atoms with Crippen LogP contribution in [-0.4, -0.2) is 58.0 Å². The average molecular weight is 596 g/mol. The van der Waals surface area contributed by atoms with Gasteiger partial charge >= 0.3 is 20.1 Å². The Morgan fingerprint density at radius 3 is 1.32 bits per heavy atom. The molecular weight excluding hydrogens is 537 g/mol. The molecule has 0 radical (unpaired) electrons. The van der Waals surface area contributed by atoms with E-state index in [1.807, 2.05) is 27.7 Å². The largest absolute Gasteiger partial charge is 0.508 e. The maximum Gasteiger partial charge on any atom is 0.508 e. The molecule has 0 amide bonds. The van der Waals surface area contributed by atoms with E-state index in [9.17, 15) is 14.2 Å². The highest BCUT2D eigenvalue weighted by molar-refractivity contribution is 7.51. The zero-order valence-electron chi connectivity index (χ0n) is 26.1. The van der Waals surface area contributed by atoms with Crippen molar-refractivity contribution in [3.8, 4) is 0 Å². The molecule has 40 heavy (non-hydrogen) atoms. The molecule has 11 heteroatoms. The lowest BCUT2D eigenvalue weighted by molar-refractivity contribution is 0.0349. The van der Waals surface area contributed by atoms with E-state index in [4.69, 9.17) is 28.0 Å². The Bertz CT molecular complexity index is 630. The second-order valence-corrected chi connectivity index (χ2v) is 12.7. The highest BCUT2D eigenvalue weighted by Crippen LogP contribution is 2.45. The molecule has 0 saturated heterocycles. The molecule has 0 fully saturated rings. The molecule has 0 rings (SSSR count). The fourth-order valence-corrected chi connectivity index (χ4v) is 5.31. The fourth-order valence-electron chi connectivity index (χ4n) is 3.55. The smallest absolute Gasteiger partial charge is 0.434 e. The van der Waals surface area contributed by atoms with Gasteiger partial charge in [0.1, 0.15) is 0 Å². The molecule has 0 heterocycles. The van der Waals surface area contributed by atoms with Crippen LogP contribution < -0.4 is 5.09 Å². The van der Waals surface area contributed by atoms with Crippen LogP contribution in [-0.2, 0) is 32.6 Å². The fraction of sp³-hybridized carbons (Fsp3) is 0.931. The van der Waals surface area contributed by atoms with Crippen molar-refractivity contribution in [1.82, 2.24) is 5.09 Å². The standard InChI is InChI=1S/C29H58NO9P/c1-7-9-11-13-15-17-19-34-28(31)36-21-26(5)23-38-40(33,30-25(3)4)39-24-27(6)22-37-29(32)35-20-18-16-14-12-10-8-2/h25-27H,7-24H2,1-6H3,(H,30,33). The Morgan fingerprint density at radius 2 is 0.950 bits per heavy atom. The van der Waals surface area contributed by atoms with Crippen molar-refractivity contribution in [1.29, 1.82) is 0 Å². The van der Waals surface area contributed by atoms with Gasteiger partial charge in [-0.3, -0.25) is 9.05 Å². The summed E-state index contributed by atoms with van der Waals surface area (Å²) in [6.07, 6.45) is 11.9. The maximum absolute atomic E-state index is 13.2. The topological polar surface area (TPSA) is 119 Å². The van der Waals surface area contributed by atoms with Gasteiger partial charge in [-0.2, -0.15) is 0 Å². The second kappa shape index (κ2) is 25.4. The summed E-state index contributed by atoms with van der Waals surface area (Å²) in [7, 11) is -3.64. The molecule has 0 aliphatic rings. The van der Waals surface area contributed by atoms with Gasteiger partial charge in [0.15, 0.2) is 0 Å². The molecule has 0 aromatic rings. The molecule has 0 aliphatic heterocycles. The molecule has 0 aromatic heterocycles. The maximum atomic E-state index is 13.2. The van der Waals surface area contributed by atoms with Crippen molar-refractivity contribution in [2.75, 3.05) is 39.6 Å². The third kappa shape index (κ3) is 24.4. The van der Waals surface area contributed by atoms with Gasteiger partial charge in [0.05, 0.1) is 39.6 Å². The summed E-state index contributed by atoms with van der Waals surface area (Å²) in [5.74, 6) is -0.454. The Morgan fingerprint density at radius 1 is 0.575 bits per heavy atom. The molecule has 0 saturated carbocycles. The van der Waals surface area contributed by atoms with Crippen LogP contribution in [0.25, 0.3) is 0 Å². The van der Waals surface area contributed by atoms with Crippen LogP contribution in [0, 0.1) is 11.8 Å². The van der Waals surface area contributed by atoms with E-state index in [0.29, 0.717) is 13.2 Å². The minimum atomic E-state index is -3.64. The third-order valence-electron chi connectivity index (χ3n) is 5.88. The van der Waals surface area contributed by atoms with E-state index >= 15 is 0 Å². The summed E-state index contributed by atoms with van der Waals surface area (Å²) in [4.78, 5) is 23.6. The van der Waals surface area contributed by atoms with Gasteiger partial charge < -0.3 is 18.9 Å². The molecule has 0 spiro atoms. The first-order valence-corrected chi connectivity index (χ1v) is 16.9. The van der Waals surface area contributed by atoms with Crippen LogP contribution in [0.5, 0.6) is 0 Å². The zero-order valence-corrected chi connectivity index (χ0v) is 27.0. The van der Waals surface area contributed by atoms with Crippen LogP contribution in [0.2, 0.25) is 0 Å². The van der Waals surface area contributed by atoms with Crippen LogP contribution in [0.15, 0.2) is 0 Å². The van der Waals surface area contributed by atoms with Crippen molar-refractivity contribution in [2.24, 2.45) is 11.8 Å². The minimum Gasteiger partial charge on any atom is -0.434 e. The summed E-state index contributed by atoms with van der Waals surface area (Å²) < 4.78 is 45.0. The Hall–Kier alpha value is -1.35. The minimum absolute atomic E-state index is 0.0529. The Kier molecular flexibility index (Phi) is 24.5. The predicted molar refractivity (Wildman–Crippen MR) is 157 cm³/mol. The summed E-state index contributed by atoms with van der Waals surface area (Å²) in [5, 5.41) is 2.85. The average Bonchev–Trinajstić information content (AvgIpc) is 2.91. The van der Waals surface area contributed by atoms with Gasteiger partial charge in [-0.25, -0.2) is 19.2 Å². The van der Waals surface area contributed by atoms with Crippen LogP contribution in [0.1, 0.15) is 119 Å². The third-order valence-corrected chi connectivity index (χ3v) is 7.69. The van der Waals surface area contributed by atoms with Crippen LogP contribution in [0.3, 0.4) is 0 Å². The summed E-state index contributed by atoms with van der Waals surface area (Å²) in [6.45, 7) is 12.6. The predicted octanol–water partition coefficient (Wildman–Crippen LogP) is 8.43. The molecule has 0 bridgehead atoms. The highest BCUT2D eigenvalue weighted by atomic mass is 31.2. The number of hydrogen-bond donors (Lipinski definition) is 1. The summed E-state index contributed by atoms with van der Waals surface area (Å²) in [6, 6.07) is -0.155. The summed E-state index contributed by atoms with van der Waals surface area (Å²) >= 11 is 0. The van der Waals surface area contributed by atoms with Gasteiger partial charge in [0, 0.05) is 17.9 Å². The van der Waals surface area contributed by atoms with Crippen molar-refractivity contribution in [3.63, 3.8) is 0 Å². The molecule has 238 valence electrons. The van der Waals surface area contributed by atoms with Gasteiger partial charge in [0.2, 0.25) is 0 Å². The summed E-state index contributed by atoms with van der Waals surface area (Å²) in [5.41, 5.74) is 0. The van der Waals surface area contributed by atoms with Crippen molar-refractivity contribution < 1.29 is 42.1 Å². The van der Waals surface area contributed by atoms with Crippen molar-refractivity contribution in [2.45, 2.75) is 125 Å². The molecule has 2 unspecified atom stereocenters. The van der Waals surface area contributed by atoms with Gasteiger partial charge in [-0.15, -0.1) is 0 Å². The van der Waals surface area contributed by atoms with E-state index < -0.39 is 20.1 Å². The Balaban J connectivity index is 4.22. The molecular formula is C29H58NO9P. The first-order chi connectivity index (χ1) is 19.1. The monoisotopic (exact) mass is 595 g/mol. The lowest BCUT2D eigenvalue weighted by Gasteiger charge is -2.24. The van der Waals surface area contributed by atoms with Gasteiger partial charge in [-0.05, 0) is 26.7 Å². The molecule has 0 aliphatic carbocycles. The van der Waals surface area contributed by atoms with Crippen molar-refractivity contribution in [3.05, 3.63) is 0 Å². The van der Waals surface area contributed by atoms with Gasteiger partial charge in [0.25, 0.3) is 0 Å². The van der Waals surface area contributed by atoms with E-state index in [0.717, 1.165) is 38.5 Å². The SMILES string of the molecule is CCCCCCCCOC(=O)OCC(C)COP(=O)(NC(C)C)OCC(C)COC(=O)OCCCCCCCC. The molecule has 10 nitrogen and oxygen atoms in total. The first-order valence-electron chi connectivity index (χ1n) is 15.4. The van der Waals surface area contributed by atoms with Crippen LogP contribution in [0.4, 0.5) is 9.59 Å². The highest BCUT2D eigenvalue weighted by Gasteiger charge is 2.28. The number of hydrogen-bond acceptors (Lipinski definition) is 9. The second-order valence-electron chi connectivity index (χ2n) is 10.9. The molecule has 1 N–H and O–H groups in total. The quantitative estimate of drug-likeness (QED) is 0.0593. The number of carbonyl (C=O) groups excluding carboxylic acids is 2. The van der Waals surface area contributed by atoms with E-state index in [-0.39, 0.29) is 44.3 Å². The van der Waals surface area contributed by atoms with Gasteiger partial charge in [-0.1, -0.05) is 91.9 Å². The Labute approximate surface area is 243 Å². The van der Waals surface area contributed by atoms with E-state index in [1.165, 1.54) is 38.5 Å². The number of nitrogens with one attached hydrogen (secondary N) is 1. The number of carbonyl (C=O) groups is 2. The van der Waals surface area contributed by atoms with Crippen LogP contribution >= 0.6 is 7.75 Å². The van der Waals surface area contributed by atoms with E-state index in [2.05, 4.69) is 18.9 Å². The lowest BCUT2D eigenvalue weighted by atomic mass is 10.1. The molecule has 2 atom stereocenters.